The lowest BCUT2D eigenvalue weighted by Gasteiger charge is -2.12. The summed E-state index contributed by atoms with van der Waals surface area (Å²) in [6.07, 6.45) is 3.47. The number of aliphatic imine (C=N–C) groups is 1. The normalized spacial score (nSPS) is 9.68. The van der Waals surface area contributed by atoms with Crippen LogP contribution in [0.1, 0.15) is 30.9 Å². The molecule has 0 aromatic carbocycles. The molecule has 0 spiro atoms. The second-order valence-electron chi connectivity index (χ2n) is 4.22. The van der Waals surface area contributed by atoms with Crippen LogP contribution in [0.25, 0.3) is 0 Å². The highest BCUT2D eigenvalue weighted by Gasteiger charge is 2.10. The van der Waals surface area contributed by atoms with Crippen molar-refractivity contribution in [3.05, 3.63) is 35.5 Å². The van der Waals surface area contributed by atoms with Crippen LogP contribution in [0.4, 0.5) is 11.5 Å². The fourth-order valence-electron chi connectivity index (χ4n) is 1.88. The van der Waals surface area contributed by atoms with E-state index in [4.69, 9.17) is 0 Å². The van der Waals surface area contributed by atoms with Gasteiger partial charge in [-0.05, 0) is 26.6 Å². The number of aryl methyl sites for hydroxylation is 2. The molecule has 0 saturated heterocycles. The summed E-state index contributed by atoms with van der Waals surface area (Å²) < 4.78 is 0. The van der Waals surface area contributed by atoms with Gasteiger partial charge in [-0.2, -0.15) is 0 Å². The maximum absolute atomic E-state index is 4.42. The van der Waals surface area contributed by atoms with Crippen LogP contribution < -0.4 is 5.32 Å². The second-order valence-corrected chi connectivity index (χ2v) is 5.24. The molecule has 0 aliphatic carbocycles. The molecule has 2 rings (SSSR count). The maximum Gasteiger partial charge on any atom is 0.133 e. The summed E-state index contributed by atoms with van der Waals surface area (Å²) in [6, 6.07) is 1.94. The SMILES string of the molecule is C=Nc1cnccc1SCc1c(C)nc(C)nc1NC.CC. The van der Waals surface area contributed by atoms with Crippen LogP contribution in [0.5, 0.6) is 0 Å². The minimum Gasteiger partial charge on any atom is -0.373 e. The van der Waals surface area contributed by atoms with Gasteiger partial charge in [0.15, 0.2) is 0 Å². The first-order valence-electron chi connectivity index (χ1n) is 7.21. The molecular formula is C16H23N5S. The molecule has 118 valence electrons. The Kier molecular flexibility index (Phi) is 7.52. The summed E-state index contributed by atoms with van der Waals surface area (Å²) in [5, 5.41) is 3.13. The zero-order valence-corrected chi connectivity index (χ0v) is 14.7. The first kappa shape index (κ1) is 18.1. The predicted octanol–water partition coefficient (Wildman–Crippen LogP) is 4.18. The van der Waals surface area contributed by atoms with E-state index in [0.29, 0.717) is 0 Å². The molecule has 0 aliphatic heterocycles. The lowest BCUT2D eigenvalue weighted by atomic mass is 10.2. The molecule has 0 aliphatic rings. The summed E-state index contributed by atoms with van der Waals surface area (Å²) in [6.45, 7) is 11.5. The van der Waals surface area contributed by atoms with Crippen LogP contribution >= 0.6 is 11.8 Å². The van der Waals surface area contributed by atoms with Crippen molar-refractivity contribution in [3.8, 4) is 0 Å². The molecule has 0 fully saturated rings. The van der Waals surface area contributed by atoms with Crippen LogP contribution in [0.15, 0.2) is 28.3 Å². The van der Waals surface area contributed by atoms with E-state index in [-0.39, 0.29) is 0 Å². The third kappa shape index (κ3) is 4.53. The highest BCUT2D eigenvalue weighted by atomic mass is 32.2. The number of thioether (sulfide) groups is 1. The Morgan fingerprint density at radius 2 is 2.00 bits per heavy atom. The average Bonchev–Trinajstić information content (AvgIpc) is 2.55. The number of nitrogens with one attached hydrogen (secondary N) is 1. The molecule has 1 N–H and O–H groups in total. The molecule has 0 amide bonds. The van der Waals surface area contributed by atoms with Gasteiger partial charge in [-0.25, -0.2) is 9.97 Å². The quantitative estimate of drug-likeness (QED) is 0.662. The molecule has 0 radical (unpaired) electrons. The summed E-state index contributed by atoms with van der Waals surface area (Å²) in [5.41, 5.74) is 2.90. The van der Waals surface area contributed by atoms with E-state index in [1.807, 2.05) is 40.8 Å². The molecular weight excluding hydrogens is 294 g/mol. The van der Waals surface area contributed by atoms with Gasteiger partial charge in [0.05, 0.1) is 11.9 Å². The van der Waals surface area contributed by atoms with E-state index in [0.717, 1.165) is 39.2 Å². The van der Waals surface area contributed by atoms with Gasteiger partial charge in [0.1, 0.15) is 11.6 Å². The second kappa shape index (κ2) is 9.15. The number of nitrogens with zero attached hydrogens (tertiary/aromatic N) is 4. The zero-order valence-electron chi connectivity index (χ0n) is 13.8. The van der Waals surface area contributed by atoms with Crippen molar-refractivity contribution in [2.45, 2.75) is 38.3 Å². The topological polar surface area (TPSA) is 63.1 Å². The predicted molar refractivity (Wildman–Crippen MR) is 95.4 cm³/mol. The van der Waals surface area contributed by atoms with E-state index in [9.17, 15) is 0 Å². The molecule has 2 aromatic heterocycles. The molecule has 2 heterocycles. The lowest BCUT2D eigenvalue weighted by Crippen LogP contribution is -2.04. The Balaban J connectivity index is 0.00000116. The summed E-state index contributed by atoms with van der Waals surface area (Å²) in [5.74, 6) is 2.43. The monoisotopic (exact) mass is 317 g/mol. The van der Waals surface area contributed by atoms with Crippen molar-refractivity contribution < 1.29 is 0 Å². The standard InChI is InChI=1S/C14H17N5S.C2H6/c1-9-11(14(16-4)19-10(2)18-9)8-20-13-5-6-17-7-12(13)15-3;1-2/h5-7H,3,8H2,1-2,4H3,(H,16,18,19);1-2H3. The van der Waals surface area contributed by atoms with Gasteiger partial charge in [-0.15, -0.1) is 11.8 Å². The van der Waals surface area contributed by atoms with Crippen LogP contribution in [-0.2, 0) is 5.75 Å². The first-order chi connectivity index (χ1) is 10.7. The molecule has 0 bridgehead atoms. The molecule has 6 heteroatoms. The van der Waals surface area contributed by atoms with Crippen molar-refractivity contribution in [2.24, 2.45) is 4.99 Å². The van der Waals surface area contributed by atoms with E-state index in [1.54, 1.807) is 24.2 Å². The fourth-order valence-corrected chi connectivity index (χ4v) is 2.95. The smallest absolute Gasteiger partial charge is 0.133 e. The number of rotatable bonds is 5. The van der Waals surface area contributed by atoms with Crippen LogP contribution in [0.2, 0.25) is 0 Å². The summed E-state index contributed by atoms with van der Waals surface area (Å²) in [4.78, 5) is 17.9. The van der Waals surface area contributed by atoms with Gasteiger partial charge in [-0.3, -0.25) is 9.98 Å². The first-order valence-corrected chi connectivity index (χ1v) is 8.19. The highest BCUT2D eigenvalue weighted by molar-refractivity contribution is 7.98. The van der Waals surface area contributed by atoms with Gasteiger partial charge in [0, 0.05) is 35.2 Å². The fraction of sp³-hybridized carbons (Fsp3) is 0.375. The van der Waals surface area contributed by atoms with E-state index in [1.165, 1.54) is 0 Å². The van der Waals surface area contributed by atoms with Crippen molar-refractivity contribution in [3.63, 3.8) is 0 Å². The Morgan fingerprint density at radius 1 is 1.27 bits per heavy atom. The van der Waals surface area contributed by atoms with E-state index >= 15 is 0 Å². The molecule has 0 unspecified atom stereocenters. The maximum atomic E-state index is 4.42. The highest BCUT2D eigenvalue weighted by Crippen LogP contribution is 2.32. The van der Waals surface area contributed by atoms with Crippen LogP contribution in [0, 0.1) is 13.8 Å². The molecule has 2 aromatic rings. The Morgan fingerprint density at radius 3 is 2.64 bits per heavy atom. The number of aromatic nitrogens is 3. The van der Waals surface area contributed by atoms with Gasteiger partial charge < -0.3 is 5.32 Å². The lowest BCUT2D eigenvalue weighted by molar-refractivity contribution is 0.982. The zero-order chi connectivity index (χ0) is 16.5. The largest absolute Gasteiger partial charge is 0.373 e. The third-order valence-corrected chi connectivity index (χ3v) is 3.96. The Bertz CT molecular complexity index is 628. The minimum atomic E-state index is 0.773. The van der Waals surface area contributed by atoms with E-state index < -0.39 is 0 Å². The van der Waals surface area contributed by atoms with Crippen molar-refractivity contribution in [1.82, 2.24) is 15.0 Å². The average molecular weight is 317 g/mol. The van der Waals surface area contributed by atoms with Gasteiger partial charge in [0.25, 0.3) is 0 Å². The van der Waals surface area contributed by atoms with Gasteiger partial charge in [0.2, 0.25) is 0 Å². The molecule has 5 nitrogen and oxygen atoms in total. The van der Waals surface area contributed by atoms with Gasteiger partial charge in [-0.1, -0.05) is 13.8 Å². The van der Waals surface area contributed by atoms with Crippen molar-refractivity contribution >= 4 is 30.0 Å². The molecule has 22 heavy (non-hydrogen) atoms. The number of hydrogen-bond donors (Lipinski definition) is 1. The third-order valence-electron chi connectivity index (χ3n) is 2.87. The summed E-state index contributed by atoms with van der Waals surface area (Å²) in [7, 11) is 1.87. The Labute approximate surface area is 136 Å². The number of hydrogen-bond acceptors (Lipinski definition) is 6. The number of pyridine rings is 1. The number of anilines is 1. The van der Waals surface area contributed by atoms with Crippen LogP contribution in [0.3, 0.4) is 0 Å². The van der Waals surface area contributed by atoms with Crippen LogP contribution in [-0.4, -0.2) is 28.7 Å². The minimum absolute atomic E-state index is 0.773. The molecule has 0 saturated carbocycles. The van der Waals surface area contributed by atoms with Crippen molar-refractivity contribution in [2.75, 3.05) is 12.4 Å². The molecule has 0 atom stereocenters. The van der Waals surface area contributed by atoms with Gasteiger partial charge >= 0.3 is 0 Å². The van der Waals surface area contributed by atoms with E-state index in [2.05, 4.69) is 32.0 Å². The van der Waals surface area contributed by atoms with Crippen molar-refractivity contribution in [1.29, 1.82) is 0 Å². The summed E-state index contributed by atoms with van der Waals surface area (Å²) >= 11 is 1.68. The Hall–Kier alpha value is -1.95.